The van der Waals surface area contributed by atoms with Crippen LogP contribution in [0.25, 0.3) is 0 Å². The van der Waals surface area contributed by atoms with Crippen molar-refractivity contribution in [2.45, 2.75) is 19.9 Å². The van der Waals surface area contributed by atoms with E-state index in [4.69, 9.17) is 5.73 Å². The number of piperazine rings is 1. The van der Waals surface area contributed by atoms with E-state index in [-0.39, 0.29) is 6.04 Å². The topological polar surface area (TPSA) is 32.5 Å². The molecule has 0 radical (unpaired) electrons. The molecule has 5 heteroatoms. The van der Waals surface area contributed by atoms with Crippen LogP contribution in [0.1, 0.15) is 25.5 Å². The van der Waals surface area contributed by atoms with Gasteiger partial charge in [0.2, 0.25) is 0 Å². The number of nitrogens with zero attached hydrogens (tertiary/aromatic N) is 2. The van der Waals surface area contributed by atoms with E-state index in [1.807, 2.05) is 0 Å². The smallest absolute Gasteiger partial charge is 0.163 e. The molecule has 0 spiro atoms. The van der Waals surface area contributed by atoms with E-state index >= 15 is 0 Å². The van der Waals surface area contributed by atoms with E-state index in [9.17, 15) is 8.78 Å². The summed E-state index contributed by atoms with van der Waals surface area (Å²) in [5.74, 6) is -0.926. The summed E-state index contributed by atoms with van der Waals surface area (Å²) in [7, 11) is 0. The van der Waals surface area contributed by atoms with Gasteiger partial charge in [0.15, 0.2) is 11.6 Å². The van der Waals surface area contributed by atoms with Crippen LogP contribution >= 0.6 is 0 Å². The fourth-order valence-electron chi connectivity index (χ4n) is 3.02. The zero-order valence-electron chi connectivity index (χ0n) is 12.9. The zero-order chi connectivity index (χ0) is 15.4. The van der Waals surface area contributed by atoms with Gasteiger partial charge >= 0.3 is 0 Å². The number of hydrogen-bond donors (Lipinski definition) is 1. The average molecular weight is 297 g/mol. The highest BCUT2D eigenvalue weighted by Gasteiger charge is 2.26. The molecule has 0 aliphatic carbocycles. The van der Waals surface area contributed by atoms with Gasteiger partial charge in [0.05, 0.1) is 6.04 Å². The van der Waals surface area contributed by atoms with Crippen LogP contribution in [0.5, 0.6) is 0 Å². The summed E-state index contributed by atoms with van der Waals surface area (Å²) in [5.41, 5.74) is 6.20. The highest BCUT2D eigenvalue weighted by molar-refractivity contribution is 5.23. The molecule has 1 saturated heterocycles. The molecule has 0 bridgehead atoms. The molecule has 21 heavy (non-hydrogen) atoms. The van der Waals surface area contributed by atoms with Crippen LogP contribution in [0.3, 0.4) is 0 Å². The lowest BCUT2D eigenvalue weighted by Gasteiger charge is -2.39. The van der Waals surface area contributed by atoms with Crippen LogP contribution in [0.2, 0.25) is 0 Å². The summed E-state index contributed by atoms with van der Waals surface area (Å²) < 4.78 is 27.4. The molecule has 1 heterocycles. The van der Waals surface area contributed by atoms with Crippen LogP contribution in [0.4, 0.5) is 8.78 Å². The molecule has 1 aromatic rings. The number of hydrogen-bond acceptors (Lipinski definition) is 3. The maximum Gasteiger partial charge on any atom is 0.163 e. The minimum atomic E-state index is -0.801. The molecule has 1 aliphatic heterocycles. The lowest BCUT2D eigenvalue weighted by atomic mass is 10.0. The predicted molar refractivity (Wildman–Crippen MR) is 81.0 cm³/mol. The lowest BCUT2D eigenvalue weighted by molar-refractivity contribution is 0.0897. The van der Waals surface area contributed by atoms with Crippen LogP contribution in [-0.4, -0.2) is 49.1 Å². The summed E-state index contributed by atoms with van der Waals surface area (Å²) >= 11 is 0. The van der Waals surface area contributed by atoms with Crippen molar-refractivity contribution in [3.8, 4) is 0 Å². The number of halogens is 2. The minimum Gasteiger partial charge on any atom is -0.329 e. The van der Waals surface area contributed by atoms with E-state index in [1.54, 1.807) is 12.1 Å². The van der Waals surface area contributed by atoms with Gasteiger partial charge in [0.25, 0.3) is 0 Å². The monoisotopic (exact) mass is 297 g/mol. The van der Waals surface area contributed by atoms with Crippen molar-refractivity contribution in [1.82, 2.24) is 9.80 Å². The van der Waals surface area contributed by atoms with Crippen molar-refractivity contribution in [1.29, 1.82) is 0 Å². The molecule has 1 unspecified atom stereocenters. The summed E-state index contributed by atoms with van der Waals surface area (Å²) in [5, 5.41) is 0. The first-order chi connectivity index (χ1) is 10.0. The van der Waals surface area contributed by atoms with Crippen LogP contribution < -0.4 is 5.73 Å². The second kappa shape index (κ2) is 7.29. The molecule has 3 nitrogen and oxygen atoms in total. The third-order valence-electron chi connectivity index (χ3n) is 4.03. The van der Waals surface area contributed by atoms with Crippen LogP contribution in [0.15, 0.2) is 18.2 Å². The van der Waals surface area contributed by atoms with Gasteiger partial charge in [0, 0.05) is 44.8 Å². The fraction of sp³-hybridized carbons (Fsp3) is 0.625. The standard InChI is InChI=1S/C16H25F2N3/c1-12(2)11-20-6-8-21(9-7-20)15(10-19)13-4-3-5-14(17)16(13)18/h3-5,12,15H,6-11,19H2,1-2H3. The third-order valence-corrected chi connectivity index (χ3v) is 4.03. The molecule has 0 saturated carbocycles. The third kappa shape index (κ3) is 3.99. The van der Waals surface area contributed by atoms with Crippen molar-refractivity contribution in [2.75, 3.05) is 39.3 Å². The van der Waals surface area contributed by atoms with Gasteiger partial charge in [-0.25, -0.2) is 8.78 Å². The first-order valence-corrected chi connectivity index (χ1v) is 7.63. The minimum absolute atomic E-state index is 0.248. The van der Waals surface area contributed by atoms with Gasteiger partial charge in [-0.05, 0) is 12.0 Å². The van der Waals surface area contributed by atoms with E-state index in [2.05, 4.69) is 23.6 Å². The molecular formula is C16H25F2N3. The highest BCUT2D eigenvalue weighted by atomic mass is 19.2. The van der Waals surface area contributed by atoms with Crippen LogP contribution in [-0.2, 0) is 0 Å². The molecule has 0 amide bonds. The quantitative estimate of drug-likeness (QED) is 0.904. The Labute approximate surface area is 125 Å². The van der Waals surface area contributed by atoms with Gasteiger partial charge in [-0.2, -0.15) is 0 Å². The number of nitrogens with two attached hydrogens (primary N) is 1. The highest BCUT2D eigenvalue weighted by Crippen LogP contribution is 2.25. The molecule has 1 atom stereocenters. The van der Waals surface area contributed by atoms with E-state index < -0.39 is 11.6 Å². The summed E-state index contributed by atoms with van der Waals surface area (Å²) in [6, 6.07) is 4.08. The lowest BCUT2D eigenvalue weighted by Crippen LogP contribution is -2.49. The Morgan fingerprint density at radius 2 is 1.81 bits per heavy atom. The molecule has 1 aromatic carbocycles. The van der Waals surface area contributed by atoms with E-state index in [1.165, 1.54) is 0 Å². The summed E-state index contributed by atoms with van der Waals surface area (Å²) in [6.45, 7) is 9.36. The van der Waals surface area contributed by atoms with Gasteiger partial charge in [-0.15, -0.1) is 0 Å². The Morgan fingerprint density at radius 3 is 2.38 bits per heavy atom. The van der Waals surface area contributed by atoms with Gasteiger partial charge in [-0.1, -0.05) is 26.0 Å². The molecule has 1 fully saturated rings. The molecule has 2 rings (SSSR count). The Kier molecular flexibility index (Phi) is 5.67. The van der Waals surface area contributed by atoms with Crippen LogP contribution in [0, 0.1) is 17.6 Å². The second-order valence-corrected chi connectivity index (χ2v) is 6.12. The molecular weight excluding hydrogens is 272 g/mol. The summed E-state index contributed by atoms with van der Waals surface area (Å²) in [4.78, 5) is 4.57. The van der Waals surface area contributed by atoms with Crippen molar-refractivity contribution in [3.05, 3.63) is 35.4 Å². The Morgan fingerprint density at radius 1 is 1.14 bits per heavy atom. The van der Waals surface area contributed by atoms with Gasteiger partial charge < -0.3 is 10.6 Å². The van der Waals surface area contributed by atoms with Crippen molar-refractivity contribution < 1.29 is 8.78 Å². The Bertz CT molecular complexity index is 457. The average Bonchev–Trinajstić information content (AvgIpc) is 2.45. The zero-order valence-corrected chi connectivity index (χ0v) is 12.9. The fourth-order valence-corrected chi connectivity index (χ4v) is 3.02. The predicted octanol–water partition coefficient (Wildman–Crippen LogP) is 2.24. The molecule has 2 N–H and O–H groups in total. The van der Waals surface area contributed by atoms with Crippen molar-refractivity contribution in [2.24, 2.45) is 11.7 Å². The molecule has 0 aromatic heterocycles. The number of rotatable bonds is 5. The van der Waals surface area contributed by atoms with Crippen molar-refractivity contribution in [3.63, 3.8) is 0 Å². The van der Waals surface area contributed by atoms with E-state index in [0.29, 0.717) is 18.0 Å². The van der Waals surface area contributed by atoms with Gasteiger partial charge in [0.1, 0.15) is 0 Å². The first kappa shape index (κ1) is 16.3. The largest absolute Gasteiger partial charge is 0.329 e. The first-order valence-electron chi connectivity index (χ1n) is 7.63. The number of benzene rings is 1. The SMILES string of the molecule is CC(C)CN1CCN(C(CN)c2cccc(F)c2F)CC1. The maximum atomic E-state index is 14.0. The normalized spacial score (nSPS) is 19.1. The Hall–Kier alpha value is -1.04. The van der Waals surface area contributed by atoms with Gasteiger partial charge in [-0.3, -0.25) is 4.90 Å². The van der Waals surface area contributed by atoms with Crippen molar-refractivity contribution >= 4 is 0 Å². The Balaban J connectivity index is 2.04. The second-order valence-electron chi connectivity index (χ2n) is 6.12. The maximum absolute atomic E-state index is 14.0. The van der Waals surface area contributed by atoms with E-state index in [0.717, 1.165) is 38.8 Å². The molecule has 118 valence electrons. The summed E-state index contributed by atoms with van der Waals surface area (Å²) in [6.07, 6.45) is 0. The molecule has 1 aliphatic rings.